The molecule has 2 fully saturated rings. The number of H-pyrrole nitrogens is 1. The maximum absolute atomic E-state index is 13.1. The Bertz CT molecular complexity index is 613. The van der Waals surface area contributed by atoms with E-state index in [1.807, 2.05) is 51.3 Å². The molecule has 1 amide bonds. The summed E-state index contributed by atoms with van der Waals surface area (Å²) in [6.45, 7) is 16.4. The van der Waals surface area contributed by atoms with Crippen LogP contribution in [0.1, 0.15) is 77.1 Å². The average molecular weight is 393 g/mol. The fourth-order valence-electron chi connectivity index (χ4n) is 3.88. The molecule has 2 aliphatic rings. The molecule has 28 heavy (non-hydrogen) atoms. The van der Waals surface area contributed by atoms with Crippen LogP contribution < -0.4 is 5.73 Å². The number of hydrogen-bond acceptors (Lipinski definition) is 3. The molecule has 1 aromatic rings. The van der Waals surface area contributed by atoms with Gasteiger partial charge in [0.15, 0.2) is 5.96 Å². The van der Waals surface area contributed by atoms with Crippen LogP contribution in [0.2, 0.25) is 0 Å². The number of guanidine groups is 1. The molecule has 2 unspecified atom stereocenters. The van der Waals surface area contributed by atoms with Gasteiger partial charge in [-0.1, -0.05) is 34.6 Å². The van der Waals surface area contributed by atoms with E-state index < -0.39 is 0 Å². The minimum Gasteiger partial charge on any atom is -0.370 e. The summed E-state index contributed by atoms with van der Waals surface area (Å²) in [4.78, 5) is 24.9. The molecule has 0 spiro atoms. The highest BCUT2D eigenvalue weighted by Crippen LogP contribution is 2.36. The van der Waals surface area contributed by atoms with Crippen molar-refractivity contribution in [1.82, 2.24) is 19.8 Å². The summed E-state index contributed by atoms with van der Waals surface area (Å²) in [6.07, 6.45) is 2.50. The summed E-state index contributed by atoms with van der Waals surface area (Å²) in [7, 11) is 0. The maximum Gasteiger partial charge on any atom is 0.226 e. The lowest BCUT2D eigenvalue weighted by molar-refractivity contribution is -0.138. The van der Waals surface area contributed by atoms with Crippen LogP contribution in [-0.2, 0) is 4.79 Å². The van der Waals surface area contributed by atoms with Gasteiger partial charge in [-0.2, -0.15) is 0 Å². The predicted octanol–water partition coefficient (Wildman–Crippen LogP) is 3.59. The van der Waals surface area contributed by atoms with Crippen LogP contribution in [-0.4, -0.2) is 51.3 Å². The maximum atomic E-state index is 13.1. The number of hydrogen-bond donors (Lipinski definition) is 3. The van der Waals surface area contributed by atoms with Crippen LogP contribution in [0.15, 0.2) is 0 Å². The second-order valence-corrected chi connectivity index (χ2v) is 7.33. The number of aryl methyl sites for hydroxylation is 2. The van der Waals surface area contributed by atoms with Gasteiger partial charge in [0.2, 0.25) is 5.91 Å². The van der Waals surface area contributed by atoms with Crippen LogP contribution in [0.4, 0.5) is 0 Å². The lowest BCUT2D eigenvalue weighted by atomic mass is 9.95. The largest absolute Gasteiger partial charge is 0.370 e. The third-order valence-corrected chi connectivity index (χ3v) is 5.44. The Balaban J connectivity index is 0.000000921. The number of nitrogens with two attached hydrogens (primary N) is 1. The lowest BCUT2D eigenvalue weighted by Crippen LogP contribution is -2.46. The molecular formula is C21H40N6O. The highest BCUT2D eigenvalue weighted by molar-refractivity contribution is 5.80. The van der Waals surface area contributed by atoms with Crippen molar-refractivity contribution in [3.05, 3.63) is 17.2 Å². The summed E-state index contributed by atoms with van der Waals surface area (Å²) in [5, 5.41) is 7.52. The monoisotopic (exact) mass is 392 g/mol. The molecule has 7 heteroatoms. The smallest absolute Gasteiger partial charge is 0.226 e. The van der Waals surface area contributed by atoms with E-state index in [1.54, 1.807) is 0 Å². The zero-order chi connectivity index (χ0) is 21.4. The first-order valence-corrected chi connectivity index (χ1v) is 10.8. The Kier molecular flexibility index (Phi) is 9.49. The average Bonchev–Trinajstić information content (AvgIpc) is 3.26. The molecule has 0 aliphatic carbocycles. The van der Waals surface area contributed by atoms with Crippen molar-refractivity contribution in [2.24, 2.45) is 17.6 Å². The van der Waals surface area contributed by atoms with E-state index in [9.17, 15) is 4.79 Å². The van der Waals surface area contributed by atoms with Crippen molar-refractivity contribution >= 4 is 11.9 Å². The van der Waals surface area contributed by atoms with Gasteiger partial charge in [-0.15, -0.1) is 0 Å². The van der Waals surface area contributed by atoms with E-state index >= 15 is 0 Å². The van der Waals surface area contributed by atoms with Crippen molar-refractivity contribution in [3.8, 4) is 0 Å². The molecule has 2 aliphatic heterocycles. The number of aromatic amines is 1. The number of likely N-dealkylation sites (tertiary alicyclic amines) is 2. The summed E-state index contributed by atoms with van der Waals surface area (Å²) in [5.74, 6) is 1.78. The molecule has 0 saturated carbocycles. The predicted molar refractivity (Wildman–Crippen MR) is 115 cm³/mol. The third-order valence-electron chi connectivity index (χ3n) is 5.44. The zero-order valence-electron chi connectivity index (χ0n) is 18.8. The standard InChI is InChI=1S/C17H28N6O.2C2H6/c1-10-8-14(15-20-11(2)12(3)21-15)23(9-10)16(24)13-4-6-22(7-5-13)17(18)19;2*1-2/h10,13-14H,4-9H2,1-3H3,(H3,18,19)(H,20,21);2*1-2H3. The second-order valence-electron chi connectivity index (χ2n) is 7.33. The van der Waals surface area contributed by atoms with Gasteiger partial charge in [0.1, 0.15) is 5.82 Å². The minimum atomic E-state index is 0.0329. The molecular weight excluding hydrogens is 352 g/mol. The first-order chi connectivity index (χ1) is 13.4. The molecule has 7 nitrogen and oxygen atoms in total. The Morgan fingerprint density at radius 3 is 2.21 bits per heavy atom. The van der Waals surface area contributed by atoms with Gasteiger partial charge in [-0.05, 0) is 39.0 Å². The van der Waals surface area contributed by atoms with Crippen LogP contribution in [0, 0.1) is 31.1 Å². The Morgan fingerprint density at radius 2 is 1.75 bits per heavy atom. The number of imidazole rings is 1. The Hall–Kier alpha value is -2.05. The van der Waals surface area contributed by atoms with Crippen molar-refractivity contribution in [1.29, 1.82) is 5.41 Å². The van der Waals surface area contributed by atoms with Crippen LogP contribution in [0.5, 0.6) is 0 Å². The van der Waals surface area contributed by atoms with E-state index in [0.717, 1.165) is 43.0 Å². The molecule has 3 heterocycles. The minimum absolute atomic E-state index is 0.0329. The highest BCUT2D eigenvalue weighted by Gasteiger charge is 2.39. The summed E-state index contributed by atoms with van der Waals surface area (Å²) < 4.78 is 0. The van der Waals surface area contributed by atoms with Gasteiger partial charge in [0, 0.05) is 31.2 Å². The summed E-state index contributed by atoms with van der Waals surface area (Å²) in [5.41, 5.74) is 7.63. The lowest BCUT2D eigenvalue weighted by Gasteiger charge is -2.34. The highest BCUT2D eigenvalue weighted by atomic mass is 16.2. The molecule has 0 aromatic carbocycles. The van der Waals surface area contributed by atoms with E-state index in [4.69, 9.17) is 11.1 Å². The number of amides is 1. The number of carbonyl (C=O) groups excluding carboxylic acids is 1. The molecule has 1 aromatic heterocycles. The first-order valence-electron chi connectivity index (χ1n) is 10.8. The first kappa shape index (κ1) is 24.0. The molecule has 4 N–H and O–H groups in total. The van der Waals surface area contributed by atoms with E-state index in [1.165, 1.54) is 0 Å². The van der Waals surface area contributed by atoms with Gasteiger partial charge in [0.05, 0.1) is 11.7 Å². The molecule has 160 valence electrons. The Labute approximate surface area is 170 Å². The number of nitrogens with zero attached hydrogens (tertiary/aromatic N) is 3. The van der Waals surface area contributed by atoms with Crippen molar-refractivity contribution in [2.75, 3.05) is 19.6 Å². The SMILES string of the molecule is CC.CC.Cc1nc(C2CC(C)CN2C(=O)C2CCN(C(=N)N)CC2)[nH]c1C. The van der Waals surface area contributed by atoms with Crippen LogP contribution in [0.3, 0.4) is 0 Å². The van der Waals surface area contributed by atoms with Crippen LogP contribution >= 0.6 is 0 Å². The van der Waals surface area contributed by atoms with E-state index in [2.05, 4.69) is 16.9 Å². The molecule has 0 radical (unpaired) electrons. The Morgan fingerprint density at radius 1 is 1.18 bits per heavy atom. The summed E-state index contributed by atoms with van der Waals surface area (Å²) >= 11 is 0. The second kappa shape index (κ2) is 11.1. The number of piperidine rings is 1. The zero-order valence-corrected chi connectivity index (χ0v) is 18.8. The van der Waals surface area contributed by atoms with Gasteiger partial charge in [-0.3, -0.25) is 10.2 Å². The molecule has 0 bridgehead atoms. The van der Waals surface area contributed by atoms with Crippen molar-refractivity contribution in [3.63, 3.8) is 0 Å². The van der Waals surface area contributed by atoms with Gasteiger partial charge < -0.3 is 20.5 Å². The topological polar surface area (TPSA) is 102 Å². The normalized spacial score (nSPS) is 22.1. The van der Waals surface area contributed by atoms with E-state index in [0.29, 0.717) is 19.0 Å². The van der Waals surface area contributed by atoms with Crippen molar-refractivity contribution in [2.45, 2.75) is 73.8 Å². The molecule has 3 rings (SSSR count). The third kappa shape index (κ3) is 5.49. The van der Waals surface area contributed by atoms with Crippen molar-refractivity contribution < 1.29 is 4.79 Å². The number of nitrogens with one attached hydrogen (secondary N) is 2. The number of rotatable bonds is 2. The fourth-order valence-corrected chi connectivity index (χ4v) is 3.88. The fraction of sp³-hybridized carbons (Fsp3) is 0.762. The number of carbonyl (C=O) groups is 1. The molecule has 2 saturated heterocycles. The summed E-state index contributed by atoms with van der Waals surface area (Å²) in [6, 6.07) is 0.0609. The van der Waals surface area contributed by atoms with Gasteiger partial charge in [-0.25, -0.2) is 4.98 Å². The quantitative estimate of drug-likeness (QED) is 0.528. The van der Waals surface area contributed by atoms with Gasteiger partial charge >= 0.3 is 0 Å². The van der Waals surface area contributed by atoms with E-state index in [-0.39, 0.29) is 23.8 Å². The van der Waals surface area contributed by atoms with Gasteiger partial charge in [0.25, 0.3) is 0 Å². The van der Waals surface area contributed by atoms with Crippen LogP contribution in [0.25, 0.3) is 0 Å². The molecule has 2 atom stereocenters. The number of aromatic nitrogens is 2.